The molecule has 1 fully saturated rings. The molecule has 7 heteroatoms. The van der Waals surface area contributed by atoms with Crippen LogP contribution in [0.25, 0.3) is 0 Å². The van der Waals surface area contributed by atoms with Gasteiger partial charge in [0.15, 0.2) is 0 Å². The Bertz CT molecular complexity index is 775. The van der Waals surface area contributed by atoms with E-state index in [1.165, 1.54) is 0 Å². The Morgan fingerprint density at radius 1 is 0.933 bits per heavy atom. The third kappa shape index (κ3) is 5.30. The van der Waals surface area contributed by atoms with Crippen molar-refractivity contribution in [2.45, 2.75) is 33.1 Å². The molecule has 1 aliphatic heterocycles. The van der Waals surface area contributed by atoms with Gasteiger partial charge in [0.2, 0.25) is 0 Å². The number of benzene rings is 2. The van der Waals surface area contributed by atoms with Crippen LogP contribution >= 0.6 is 0 Å². The third-order valence-corrected chi connectivity index (χ3v) is 5.39. The summed E-state index contributed by atoms with van der Waals surface area (Å²) in [5, 5.41) is 9.44. The Balaban J connectivity index is 1.86. The quantitative estimate of drug-likeness (QED) is 0.537. The monoisotopic (exact) mass is 413 g/mol. The highest BCUT2D eigenvalue weighted by molar-refractivity contribution is 5.80. The number of hydrogen-bond donors (Lipinski definition) is 2. The van der Waals surface area contributed by atoms with Crippen LogP contribution in [0, 0.1) is 5.41 Å². The Hall–Kier alpha value is -2.61. The third-order valence-electron chi connectivity index (χ3n) is 5.39. The molecule has 0 unspecified atom stereocenters. The number of hydrogen-bond acceptors (Lipinski definition) is 6. The van der Waals surface area contributed by atoms with Gasteiger partial charge in [0.25, 0.3) is 5.91 Å². The minimum Gasteiger partial charge on any atom is -0.497 e. The molecule has 0 bridgehead atoms. The normalized spacial score (nSPS) is 17.5. The molecule has 1 heterocycles. The summed E-state index contributed by atoms with van der Waals surface area (Å²) in [6.45, 7) is 7.03. The Morgan fingerprint density at radius 3 is 1.67 bits per heavy atom. The van der Waals surface area contributed by atoms with Gasteiger partial charge in [-0.15, -0.1) is 0 Å². The Labute approximate surface area is 178 Å². The van der Waals surface area contributed by atoms with E-state index in [-0.39, 0.29) is 5.41 Å². The first-order chi connectivity index (χ1) is 14.3. The van der Waals surface area contributed by atoms with Crippen molar-refractivity contribution in [2.75, 3.05) is 27.3 Å². The molecule has 2 N–H and O–H groups in total. The van der Waals surface area contributed by atoms with Crippen LogP contribution in [0.2, 0.25) is 0 Å². The molecule has 0 atom stereocenters. The van der Waals surface area contributed by atoms with E-state index in [0.717, 1.165) is 35.7 Å². The molecule has 1 saturated heterocycles. The van der Waals surface area contributed by atoms with Gasteiger partial charge in [-0.2, -0.15) is 0 Å². The molecular formula is C23H31N3O4. The van der Waals surface area contributed by atoms with Gasteiger partial charge >= 0.3 is 0 Å². The minimum atomic E-state index is -0.577. The van der Waals surface area contributed by atoms with E-state index >= 15 is 0 Å². The molecule has 0 aromatic heterocycles. The van der Waals surface area contributed by atoms with E-state index < -0.39 is 12.1 Å². The lowest BCUT2D eigenvalue weighted by atomic mass is 9.88. The number of methoxy groups -OCH3 is 2. The first-order valence-electron chi connectivity index (χ1n) is 10.0. The topological polar surface area (TPSA) is 74.3 Å². The van der Waals surface area contributed by atoms with E-state index in [0.29, 0.717) is 13.1 Å². The number of nitrogens with one attached hydrogen (secondary N) is 1. The maximum absolute atomic E-state index is 12.7. The highest BCUT2D eigenvalue weighted by Gasteiger charge is 2.42. The molecule has 7 nitrogen and oxygen atoms in total. The number of rotatable bonds is 7. The van der Waals surface area contributed by atoms with Gasteiger partial charge in [-0.1, -0.05) is 38.1 Å². The molecule has 162 valence electrons. The van der Waals surface area contributed by atoms with Crippen LogP contribution in [0.15, 0.2) is 48.5 Å². The largest absolute Gasteiger partial charge is 0.497 e. The average Bonchev–Trinajstić information content (AvgIpc) is 2.73. The molecule has 1 amide bonds. The Morgan fingerprint density at radius 2 is 1.33 bits per heavy atom. The molecule has 0 radical (unpaired) electrons. The second-order valence-electron chi connectivity index (χ2n) is 8.52. The van der Waals surface area contributed by atoms with Gasteiger partial charge in [0, 0.05) is 26.2 Å². The fourth-order valence-electron chi connectivity index (χ4n) is 4.16. The van der Waals surface area contributed by atoms with Crippen LogP contribution in [0.5, 0.6) is 11.5 Å². The maximum Gasteiger partial charge on any atom is 0.275 e. The minimum absolute atomic E-state index is 0.0226. The van der Waals surface area contributed by atoms with Crippen molar-refractivity contribution in [3.63, 3.8) is 0 Å². The van der Waals surface area contributed by atoms with Gasteiger partial charge in [0.1, 0.15) is 17.7 Å². The number of amides is 1. The van der Waals surface area contributed by atoms with Crippen molar-refractivity contribution >= 4 is 5.91 Å². The molecule has 0 aliphatic carbocycles. The number of hydroxylamine groups is 1. The summed E-state index contributed by atoms with van der Waals surface area (Å²) in [5.41, 5.74) is 4.00. The maximum atomic E-state index is 12.7. The van der Waals surface area contributed by atoms with Gasteiger partial charge in [0.05, 0.1) is 14.2 Å². The van der Waals surface area contributed by atoms with Gasteiger partial charge in [-0.05, 0) is 40.8 Å². The summed E-state index contributed by atoms with van der Waals surface area (Å²) < 4.78 is 10.5. The Kier molecular flexibility index (Phi) is 6.97. The van der Waals surface area contributed by atoms with Crippen LogP contribution in [-0.4, -0.2) is 54.4 Å². The molecule has 0 saturated carbocycles. The van der Waals surface area contributed by atoms with E-state index in [1.54, 1.807) is 14.2 Å². The average molecular weight is 414 g/mol. The molecular weight excluding hydrogens is 382 g/mol. The van der Waals surface area contributed by atoms with Crippen molar-refractivity contribution in [3.8, 4) is 11.5 Å². The number of carbonyl (C=O) groups excluding carboxylic acids is 1. The summed E-state index contributed by atoms with van der Waals surface area (Å²) in [6.07, 6.45) is -0.577. The lowest BCUT2D eigenvalue weighted by molar-refractivity contribution is -0.152. The van der Waals surface area contributed by atoms with Crippen LogP contribution in [0.3, 0.4) is 0 Å². The SMILES string of the molecule is COc1ccc(CN2CC(C)(C)CN(Cc3ccc(OC)cc3)C2C(=O)NO)cc1. The highest BCUT2D eigenvalue weighted by Crippen LogP contribution is 2.31. The van der Waals surface area contributed by atoms with Crippen molar-refractivity contribution in [1.82, 2.24) is 15.3 Å². The fourth-order valence-corrected chi connectivity index (χ4v) is 4.16. The molecule has 3 rings (SSSR count). The molecule has 0 spiro atoms. The summed E-state index contributed by atoms with van der Waals surface area (Å²) >= 11 is 0. The van der Waals surface area contributed by atoms with Gasteiger partial charge < -0.3 is 9.47 Å². The number of ether oxygens (including phenoxy) is 2. The van der Waals surface area contributed by atoms with E-state index in [2.05, 4.69) is 23.6 Å². The summed E-state index contributed by atoms with van der Waals surface area (Å²) in [7, 11) is 3.28. The van der Waals surface area contributed by atoms with Crippen LogP contribution < -0.4 is 15.0 Å². The number of carbonyl (C=O) groups is 1. The highest BCUT2D eigenvalue weighted by atomic mass is 16.5. The molecule has 30 heavy (non-hydrogen) atoms. The van der Waals surface area contributed by atoms with Crippen LogP contribution in [-0.2, 0) is 17.9 Å². The molecule has 2 aromatic carbocycles. The summed E-state index contributed by atoms with van der Waals surface area (Å²) in [4.78, 5) is 16.9. The smallest absolute Gasteiger partial charge is 0.275 e. The van der Waals surface area contributed by atoms with Crippen LogP contribution in [0.1, 0.15) is 25.0 Å². The lowest BCUT2D eigenvalue weighted by Gasteiger charge is -2.49. The van der Waals surface area contributed by atoms with Crippen molar-refractivity contribution < 1.29 is 19.5 Å². The van der Waals surface area contributed by atoms with Crippen LogP contribution in [0.4, 0.5) is 0 Å². The first kappa shape index (κ1) is 22.1. The standard InChI is InChI=1S/C23H31N3O4/c1-23(2)15-25(13-17-5-9-19(29-3)10-6-17)22(21(27)24-28)26(16-23)14-18-7-11-20(30-4)12-8-18/h5-12,22,28H,13-16H2,1-4H3,(H,24,27). The van der Waals surface area contributed by atoms with E-state index in [4.69, 9.17) is 9.47 Å². The predicted octanol–water partition coefficient (Wildman–Crippen LogP) is 2.88. The lowest BCUT2D eigenvalue weighted by Crippen LogP contribution is -2.64. The number of nitrogens with zero attached hydrogens (tertiary/aromatic N) is 2. The van der Waals surface area contributed by atoms with Crippen molar-refractivity contribution in [3.05, 3.63) is 59.7 Å². The summed E-state index contributed by atoms with van der Waals surface area (Å²) in [5.74, 6) is 1.17. The van der Waals surface area contributed by atoms with Crippen molar-refractivity contribution in [1.29, 1.82) is 0 Å². The van der Waals surface area contributed by atoms with E-state index in [1.807, 2.05) is 54.0 Å². The second kappa shape index (κ2) is 9.47. The zero-order valence-electron chi connectivity index (χ0n) is 18.1. The molecule has 2 aromatic rings. The fraction of sp³-hybridized carbons (Fsp3) is 0.435. The van der Waals surface area contributed by atoms with E-state index in [9.17, 15) is 10.0 Å². The molecule has 1 aliphatic rings. The summed E-state index contributed by atoms with van der Waals surface area (Å²) in [6, 6.07) is 15.7. The first-order valence-corrected chi connectivity index (χ1v) is 10.0. The van der Waals surface area contributed by atoms with Gasteiger partial charge in [-0.25, -0.2) is 5.48 Å². The van der Waals surface area contributed by atoms with Crippen molar-refractivity contribution in [2.24, 2.45) is 5.41 Å². The zero-order valence-corrected chi connectivity index (χ0v) is 18.1. The zero-order chi connectivity index (χ0) is 21.7. The van der Waals surface area contributed by atoms with Gasteiger partial charge in [-0.3, -0.25) is 19.8 Å². The second-order valence-corrected chi connectivity index (χ2v) is 8.52. The predicted molar refractivity (Wildman–Crippen MR) is 114 cm³/mol.